The minimum absolute atomic E-state index is 0.0527. The predicted molar refractivity (Wildman–Crippen MR) is 74.6 cm³/mol. The molecular weight excluding hydrogens is 306 g/mol. The number of halogens is 1. The van der Waals surface area contributed by atoms with Crippen LogP contribution in [-0.2, 0) is 16.1 Å². The lowest BCUT2D eigenvalue weighted by atomic mass is 10.1. The first-order chi connectivity index (χ1) is 9.38. The van der Waals surface area contributed by atoms with Gasteiger partial charge in [-0.25, -0.2) is 9.59 Å². The van der Waals surface area contributed by atoms with E-state index in [2.05, 4.69) is 10.6 Å². The van der Waals surface area contributed by atoms with Crippen LogP contribution in [0.2, 0.25) is 4.34 Å². The summed E-state index contributed by atoms with van der Waals surface area (Å²) < 4.78 is 0.604. The minimum Gasteiger partial charge on any atom is -0.480 e. The maximum absolute atomic E-state index is 11.6. The third kappa shape index (κ3) is 5.89. The molecule has 1 heterocycles. The van der Waals surface area contributed by atoms with E-state index in [1.807, 2.05) is 0 Å². The van der Waals surface area contributed by atoms with Crippen molar-refractivity contribution in [2.75, 3.05) is 0 Å². The molecule has 110 valence electrons. The SMILES string of the molecule is NC(=O)CC[C@H](NC(=O)NCc1ccc(Cl)s1)C(=O)O. The molecule has 0 aliphatic rings. The van der Waals surface area contributed by atoms with Crippen LogP contribution in [0.4, 0.5) is 4.79 Å². The van der Waals surface area contributed by atoms with Crippen LogP contribution in [0.15, 0.2) is 12.1 Å². The van der Waals surface area contributed by atoms with Crippen LogP contribution < -0.4 is 16.4 Å². The van der Waals surface area contributed by atoms with Gasteiger partial charge >= 0.3 is 12.0 Å². The largest absolute Gasteiger partial charge is 0.480 e. The molecule has 1 atom stereocenters. The molecule has 0 fully saturated rings. The summed E-state index contributed by atoms with van der Waals surface area (Å²) in [7, 11) is 0. The molecule has 20 heavy (non-hydrogen) atoms. The number of hydrogen-bond donors (Lipinski definition) is 4. The van der Waals surface area contributed by atoms with Crippen molar-refractivity contribution in [1.29, 1.82) is 0 Å². The van der Waals surface area contributed by atoms with E-state index >= 15 is 0 Å². The molecule has 0 aliphatic carbocycles. The molecule has 9 heteroatoms. The Bertz CT molecular complexity index is 506. The lowest BCUT2D eigenvalue weighted by Crippen LogP contribution is -2.46. The van der Waals surface area contributed by atoms with Gasteiger partial charge in [-0.3, -0.25) is 4.79 Å². The number of carbonyl (C=O) groups excluding carboxylic acids is 2. The third-order valence-corrected chi connectivity index (χ3v) is 3.57. The molecule has 0 saturated carbocycles. The van der Waals surface area contributed by atoms with Crippen molar-refractivity contribution in [3.05, 3.63) is 21.3 Å². The highest BCUT2D eigenvalue weighted by atomic mass is 35.5. The minimum atomic E-state index is -1.22. The second-order valence-corrected chi connectivity index (χ2v) is 5.73. The number of rotatable bonds is 7. The van der Waals surface area contributed by atoms with Gasteiger partial charge in [0.1, 0.15) is 6.04 Å². The first-order valence-electron chi connectivity index (χ1n) is 5.68. The second-order valence-electron chi connectivity index (χ2n) is 3.93. The number of urea groups is 1. The van der Waals surface area contributed by atoms with Gasteiger partial charge in [0.05, 0.1) is 10.9 Å². The van der Waals surface area contributed by atoms with Crippen LogP contribution in [0.25, 0.3) is 0 Å². The molecule has 0 radical (unpaired) electrons. The van der Waals surface area contributed by atoms with Gasteiger partial charge in [0.25, 0.3) is 0 Å². The predicted octanol–water partition coefficient (Wildman–Crippen LogP) is 0.919. The Balaban J connectivity index is 2.41. The highest BCUT2D eigenvalue weighted by Gasteiger charge is 2.20. The zero-order chi connectivity index (χ0) is 15.1. The van der Waals surface area contributed by atoms with E-state index in [0.29, 0.717) is 4.34 Å². The van der Waals surface area contributed by atoms with E-state index in [0.717, 1.165) is 4.88 Å². The molecule has 1 aromatic heterocycles. The van der Waals surface area contributed by atoms with E-state index in [9.17, 15) is 14.4 Å². The summed E-state index contributed by atoms with van der Waals surface area (Å²) >= 11 is 7.06. The number of carboxylic acid groups (broad SMARTS) is 1. The van der Waals surface area contributed by atoms with Crippen LogP contribution >= 0.6 is 22.9 Å². The number of carbonyl (C=O) groups is 3. The van der Waals surface area contributed by atoms with E-state index in [4.69, 9.17) is 22.4 Å². The zero-order valence-corrected chi connectivity index (χ0v) is 12.0. The molecule has 0 saturated heterocycles. The molecule has 1 aromatic rings. The Hall–Kier alpha value is -1.80. The molecule has 5 N–H and O–H groups in total. The summed E-state index contributed by atoms with van der Waals surface area (Å²) in [6.45, 7) is 0.241. The van der Waals surface area contributed by atoms with Gasteiger partial charge in [0.2, 0.25) is 5.91 Å². The standard InChI is InChI=1S/C11H14ClN3O4S/c12-8-3-1-6(20-8)5-14-11(19)15-7(10(17)18)2-4-9(13)16/h1,3,7H,2,4-5H2,(H2,13,16)(H,17,18)(H2,14,15,19)/t7-/m0/s1. The smallest absolute Gasteiger partial charge is 0.326 e. The van der Waals surface area contributed by atoms with Gasteiger partial charge in [0, 0.05) is 11.3 Å². The monoisotopic (exact) mass is 319 g/mol. The Morgan fingerprint density at radius 3 is 2.60 bits per heavy atom. The van der Waals surface area contributed by atoms with E-state index in [1.54, 1.807) is 12.1 Å². The molecule has 0 unspecified atom stereocenters. The molecule has 0 spiro atoms. The number of nitrogens with one attached hydrogen (secondary N) is 2. The van der Waals surface area contributed by atoms with Gasteiger partial charge < -0.3 is 21.5 Å². The van der Waals surface area contributed by atoms with Crippen LogP contribution in [0.3, 0.4) is 0 Å². The van der Waals surface area contributed by atoms with Crippen molar-refractivity contribution >= 4 is 40.8 Å². The Morgan fingerprint density at radius 2 is 2.10 bits per heavy atom. The quantitative estimate of drug-likeness (QED) is 0.597. The molecule has 0 bridgehead atoms. The maximum atomic E-state index is 11.6. The number of carboxylic acids is 1. The van der Waals surface area contributed by atoms with Gasteiger partial charge in [-0.05, 0) is 18.6 Å². The highest BCUT2D eigenvalue weighted by molar-refractivity contribution is 7.16. The number of primary amides is 1. The number of hydrogen-bond acceptors (Lipinski definition) is 4. The summed E-state index contributed by atoms with van der Waals surface area (Å²) in [5.41, 5.74) is 4.94. The van der Waals surface area contributed by atoms with Crippen LogP contribution in [0.1, 0.15) is 17.7 Å². The fourth-order valence-electron chi connectivity index (χ4n) is 1.37. The molecule has 0 aliphatic heterocycles. The van der Waals surface area contributed by atoms with Crippen LogP contribution in [-0.4, -0.2) is 29.1 Å². The Morgan fingerprint density at radius 1 is 1.40 bits per heavy atom. The van der Waals surface area contributed by atoms with Gasteiger partial charge in [-0.2, -0.15) is 0 Å². The van der Waals surface area contributed by atoms with E-state index in [1.165, 1.54) is 11.3 Å². The molecular formula is C11H14ClN3O4S. The topological polar surface area (TPSA) is 122 Å². The van der Waals surface area contributed by atoms with Crippen molar-refractivity contribution in [3.8, 4) is 0 Å². The van der Waals surface area contributed by atoms with Crippen LogP contribution in [0.5, 0.6) is 0 Å². The fraction of sp³-hybridized carbons (Fsp3) is 0.364. The first kappa shape index (κ1) is 16.3. The number of thiophene rings is 1. The second kappa shape index (κ2) is 7.71. The average molecular weight is 320 g/mol. The highest BCUT2D eigenvalue weighted by Crippen LogP contribution is 2.20. The summed E-state index contributed by atoms with van der Waals surface area (Å²) in [5.74, 6) is -1.84. The summed E-state index contributed by atoms with van der Waals surface area (Å²) in [4.78, 5) is 33.9. The lowest BCUT2D eigenvalue weighted by molar-refractivity contribution is -0.139. The Kier molecular flexibility index (Phi) is 6.26. The van der Waals surface area contributed by atoms with Gasteiger partial charge in [-0.1, -0.05) is 11.6 Å². The molecule has 1 rings (SSSR count). The van der Waals surface area contributed by atoms with Crippen molar-refractivity contribution in [3.63, 3.8) is 0 Å². The fourth-order valence-corrected chi connectivity index (χ4v) is 2.39. The van der Waals surface area contributed by atoms with Crippen molar-refractivity contribution in [2.45, 2.75) is 25.4 Å². The Labute approximate surface area is 124 Å². The van der Waals surface area contributed by atoms with Crippen molar-refractivity contribution in [2.24, 2.45) is 5.73 Å². The van der Waals surface area contributed by atoms with Crippen LogP contribution in [0, 0.1) is 0 Å². The first-order valence-corrected chi connectivity index (χ1v) is 6.87. The van der Waals surface area contributed by atoms with Gasteiger partial charge in [0.15, 0.2) is 0 Å². The molecule has 7 nitrogen and oxygen atoms in total. The van der Waals surface area contributed by atoms with E-state index in [-0.39, 0.29) is 19.4 Å². The normalized spacial score (nSPS) is 11.7. The maximum Gasteiger partial charge on any atom is 0.326 e. The lowest BCUT2D eigenvalue weighted by Gasteiger charge is -2.14. The number of nitrogens with two attached hydrogens (primary N) is 1. The summed E-state index contributed by atoms with van der Waals surface area (Å²) in [6.07, 6.45) is -0.166. The zero-order valence-electron chi connectivity index (χ0n) is 10.4. The third-order valence-electron chi connectivity index (χ3n) is 2.33. The van der Waals surface area contributed by atoms with E-state index < -0.39 is 23.9 Å². The number of amides is 3. The molecule has 0 aromatic carbocycles. The van der Waals surface area contributed by atoms with Gasteiger partial charge in [-0.15, -0.1) is 11.3 Å². The van der Waals surface area contributed by atoms with Crippen molar-refractivity contribution < 1.29 is 19.5 Å². The number of aliphatic carboxylic acids is 1. The average Bonchev–Trinajstić information content (AvgIpc) is 2.77. The molecule has 3 amide bonds. The van der Waals surface area contributed by atoms with Crippen molar-refractivity contribution in [1.82, 2.24) is 10.6 Å². The summed E-state index contributed by atoms with van der Waals surface area (Å²) in [5, 5.41) is 13.7. The summed E-state index contributed by atoms with van der Waals surface area (Å²) in [6, 6.07) is 1.67.